The second kappa shape index (κ2) is 7.67. The third-order valence-corrected chi connectivity index (χ3v) is 11.8. The van der Waals surface area contributed by atoms with Gasteiger partial charge in [-0.15, -0.1) is 34.0 Å². The Kier molecular flexibility index (Phi) is 4.13. The van der Waals surface area contributed by atoms with E-state index in [9.17, 15) is 0 Å². The van der Waals surface area contributed by atoms with Gasteiger partial charge in [0.15, 0.2) is 0 Å². The van der Waals surface area contributed by atoms with E-state index in [0.717, 1.165) is 4.83 Å². The summed E-state index contributed by atoms with van der Waals surface area (Å²) in [6, 6.07) is 37.9. The minimum absolute atomic E-state index is 1.10. The van der Waals surface area contributed by atoms with Crippen molar-refractivity contribution in [3.05, 3.63) is 109 Å². The summed E-state index contributed by atoms with van der Waals surface area (Å²) in [6.07, 6.45) is 1.92. The molecule has 5 aromatic heterocycles. The van der Waals surface area contributed by atoms with Crippen LogP contribution in [0.2, 0.25) is 0 Å². The first-order valence-electron chi connectivity index (χ1n) is 13.3. The third-order valence-electron chi connectivity index (χ3n) is 8.25. The number of fused-ring (bicyclic) bond motifs is 15. The van der Waals surface area contributed by atoms with Gasteiger partial charge in [-0.1, -0.05) is 54.6 Å². The van der Waals surface area contributed by atoms with Crippen molar-refractivity contribution < 1.29 is 0 Å². The highest BCUT2D eigenvalue weighted by Crippen LogP contribution is 2.51. The summed E-state index contributed by atoms with van der Waals surface area (Å²) in [5.41, 5.74) is 3.74. The second-order valence-corrected chi connectivity index (χ2v) is 13.5. The van der Waals surface area contributed by atoms with Crippen LogP contribution in [-0.4, -0.2) is 9.55 Å². The zero-order valence-corrected chi connectivity index (χ0v) is 23.5. The Morgan fingerprint density at radius 3 is 2.10 bits per heavy atom. The Balaban J connectivity index is 1.51. The molecular weight excluding hydrogens is 545 g/mol. The number of aromatic nitrogens is 2. The normalized spacial score (nSPS) is 12.5. The minimum Gasteiger partial charge on any atom is -0.309 e. The van der Waals surface area contributed by atoms with Crippen molar-refractivity contribution in [1.82, 2.24) is 9.55 Å². The molecule has 0 amide bonds. The fraction of sp³-hybridized carbons (Fsp3) is 0. The van der Waals surface area contributed by atoms with Crippen molar-refractivity contribution in [3.8, 4) is 5.69 Å². The molecule has 0 aliphatic rings. The molecule has 10 rings (SSSR count). The number of nitrogens with zero attached hydrogens (tertiary/aromatic N) is 2. The molecule has 10 aromatic rings. The maximum absolute atomic E-state index is 4.81. The lowest BCUT2D eigenvalue weighted by molar-refractivity contribution is 1.19. The van der Waals surface area contributed by atoms with Gasteiger partial charge in [0.25, 0.3) is 0 Å². The summed E-state index contributed by atoms with van der Waals surface area (Å²) in [5.74, 6) is 0. The van der Waals surface area contributed by atoms with Crippen molar-refractivity contribution in [1.29, 1.82) is 0 Å². The van der Waals surface area contributed by atoms with Gasteiger partial charge in [0, 0.05) is 69.1 Å². The van der Waals surface area contributed by atoms with Crippen molar-refractivity contribution in [2.45, 2.75) is 0 Å². The highest BCUT2D eigenvalue weighted by molar-refractivity contribution is 7.33. The Bertz CT molecular complexity index is 2660. The van der Waals surface area contributed by atoms with Gasteiger partial charge in [-0.2, -0.15) is 0 Å². The highest BCUT2D eigenvalue weighted by Gasteiger charge is 2.24. The van der Waals surface area contributed by atoms with Gasteiger partial charge >= 0.3 is 0 Å². The maximum Gasteiger partial charge on any atom is 0.124 e. The fourth-order valence-corrected chi connectivity index (χ4v) is 10.2. The Morgan fingerprint density at radius 2 is 1.20 bits per heavy atom. The molecule has 2 nitrogen and oxygen atoms in total. The van der Waals surface area contributed by atoms with Crippen molar-refractivity contribution >= 4 is 116 Å². The summed E-state index contributed by atoms with van der Waals surface area (Å²) in [7, 11) is 0. The zero-order chi connectivity index (χ0) is 25.9. The number of hydrogen-bond acceptors (Lipinski definition) is 4. The molecule has 5 heterocycles. The van der Waals surface area contributed by atoms with Crippen LogP contribution in [0.5, 0.6) is 0 Å². The Morgan fingerprint density at radius 1 is 0.500 bits per heavy atom. The van der Waals surface area contributed by atoms with Gasteiger partial charge in [-0.05, 0) is 48.5 Å². The molecule has 0 spiro atoms. The van der Waals surface area contributed by atoms with Crippen LogP contribution in [0.3, 0.4) is 0 Å². The fourth-order valence-electron chi connectivity index (χ4n) is 6.63. The number of benzene rings is 5. The molecule has 5 heteroatoms. The van der Waals surface area contributed by atoms with Gasteiger partial charge in [0.05, 0.1) is 20.4 Å². The third kappa shape index (κ3) is 2.65. The van der Waals surface area contributed by atoms with Crippen LogP contribution in [0.15, 0.2) is 109 Å². The molecule has 0 saturated carbocycles. The molecule has 0 unspecified atom stereocenters. The molecule has 0 radical (unpaired) electrons. The van der Waals surface area contributed by atoms with Crippen LogP contribution in [0.4, 0.5) is 0 Å². The second-order valence-electron chi connectivity index (χ2n) is 10.3. The summed E-state index contributed by atoms with van der Waals surface area (Å²) in [4.78, 5) is 5.91. The van der Waals surface area contributed by atoms with Crippen LogP contribution in [0.25, 0.3) is 88.1 Å². The van der Waals surface area contributed by atoms with E-state index >= 15 is 0 Å². The van der Waals surface area contributed by atoms with E-state index in [-0.39, 0.29) is 0 Å². The van der Waals surface area contributed by atoms with E-state index in [4.69, 9.17) is 4.98 Å². The summed E-state index contributed by atoms with van der Waals surface area (Å²) >= 11 is 5.61. The van der Waals surface area contributed by atoms with Crippen molar-refractivity contribution in [2.24, 2.45) is 0 Å². The molecule has 0 aliphatic heterocycles. The average Bonchev–Trinajstić information content (AvgIpc) is 3.75. The number of pyridine rings is 1. The van der Waals surface area contributed by atoms with Gasteiger partial charge in [0.1, 0.15) is 4.83 Å². The largest absolute Gasteiger partial charge is 0.309 e. The highest BCUT2D eigenvalue weighted by atomic mass is 32.1. The molecule has 0 atom stereocenters. The smallest absolute Gasteiger partial charge is 0.124 e. The van der Waals surface area contributed by atoms with Gasteiger partial charge < -0.3 is 4.57 Å². The first kappa shape index (κ1) is 21.5. The monoisotopic (exact) mass is 562 g/mol. The zero-order valence-electron chi connectivity index (χ0n) is 21.0. The van der Waals surface area contributed by atoms with Crippen LogP contribution in [0.1, 0.15) is 0 Å². The summed E-state index contributed by atoms with van der Waals surface area (Å²) < 4.78 is 9.22. The predicted molar refractivity (Wildman–Crippen MR) is 177 cm³/mol. The molecule has 0 fully saturated rings. The summed E-state index contributed by atoms with van der Waals surface area (Å²) in [6.45, 7) is 0. The lowest BCUT2D eigenvalue weighted by Crippen LogP contribution is -1.94. The Hall–Kier alpha value is -4.29. The predicted octanol–water partition coefficient (Wildman–Crippen LogP) is 11.3. The molecule has 0 N–H and O–H groups in total. The molecule has 5 aromatic carbocycles. The van der Waals surface area contributed by atoms with Crippen molar-refractivity contribution in [2.75, 3.05) is 0 Å². The number of rotatable bonds is 1. The quantitative estimate of drug-likeness (QED) is 0.195. The number of hydrogen-bond donors (Lipinski definition) is 0. The lowest BCUT2D eigenvalue weighted by Gasteiger charge is -2.10. The topological polar surface area (TPSA) is 17.8 Å². The van der Waals surface area contributed by atoms with E-state index < -0.39 is 0 Å². The molecule has 186 valence electrons. The minimum atomic E-state index is 1.10. The van der Waals surface area contributed by atoms with Crippen LogP contribution in [0, 0.1) is 0 Å². The first-order valence-corrected chi connectivity index (χ1v) is 15.8. The molecular formula is C35H18N2S3. The Labute approximate surface area is 240 Å². The van der Waals surface area contributed by atoms with E-state index in [1.807, 2.05) is 40.2 Å². The number of para-hydroxylation sites is 1. The van der Waals surface area contributed by atoms with Crippen LogP contribution in [-0.2, 0) is 0 Å². The van der Waals surface area contributed by atoms with E-state index in [1.54, 1.807) is 0 Å². The molecule has 0 saturated heterocycles. The van der Waals surface area contributed by atoms with Gasteiger partial charge in [-0.25, -0.2) is 4.98 Å². The van der Waals surface area contributed by atoms with Crippen molar-refractivity contribution in [3.63, 3.8) is 0 Å². The molecule has 40 heavy (non-hydrogen) atoms. The van der Waals surface area contributed by atoms with Gasteiger partial charge in [-0.3, -0.25) is 0 Å². The maximum atomic E-state index is 4.81. The van der Waals surface area contributed by atoms with Gasteiger partial charge in [0.2, 0.25) is 0 Å². The molecule has 0 bridgehead atoms. The average molecular weight is 563 g/mol. The SMILES string of the molecule is c1ccc2c(c1)sc1ccc(-n3c4ccccc4c4c5c6cccnc6sc5c5sc6ccccc6c5c43)cc12. The standard InChI is InChI=1S/C35H18N2S3/c1-4-12-25-21(9-1)29-30-23-11-7-17-36-35(23)40-33(30)34-31(22-10-3-6-14-27(22)39-34)32(29)37(25)19-15-16-28-24(18-19)20-8-2-5-13-26(20)38-28/h1-18H. The van der Waals surface area contributed by atoms with E-state index in [2.05, 4.69) is 108 Å². The number of thiophene rings is 3. The van der Waals surface area contributed by atoms with Crippen LogP contribution >= 0.6 is 34.0 Å². The van der Waals surface area contributed by atoms with E-state index in [1.165, 1.54) is 83.3 Å². The molecule has 0 aliphatic carbocycles. The summed E-state index contributed by atoms with van der Waals surface area (Å²) in [5, 5.41) is 10.5. The lowest BCUT2D eigenvalue weighted by atomic mass is 10.0. The first-order chi connectivity index (χ1) is 19.8. The van der Waals surface area contributed by atoms with Crippen LogP contribution < -0.4 is 0 Å². The van der Waals surface area contributed by atoms with E-state index in [0.29, 0.717) is 0 Å².